The van der Waals surface area contributed by atoms with Gasteiger partial charge in [-0.2, -0.15) is 0 Å². The Labute approximate surface area is 173 Å². The quantitative estimate of drug-likeness (QED) is 0.334. The molecule has 0 amide bonds. The monoisotopic (exact) mass is 412 g/mol. The molecule has 0 unspecified atom stereocenters. The van der Waals surface area contributed by atoms with Crippen molar-refractivity contribution in [3.8, 4) is 0 Å². The molecule has 0 saturated heterocycles. The minimum Gasteiger partial charge on any atom is -0.466 e. The Kier molecular flexibility index (Phi) is 5.79. The molecule has 3 rings (SSSR count). The van der Waals surface area contributed by atoms with E-state index in [1.54, 1.807) is 31.0 Å². The second-order valence-corrected chi connectivity index (χ2v) is 6.87. The van der Waals surface area contributed by atoms with Crippen LogP contribution in [0.5, 0.6) is 0 Å². The van der Waals surface area contributed by atoms with Gasteiger partial charge in [0.05, 0.1) is 23.6 Å². The fourth-order valence-corrected chi connectivity index (χ4v) is 3.54. The van der Waals surface area contributed by atoms with Crippen molar-refractivity contribution >= 4 is 40.4 Å². The molecule has 1 aliphatic heterocycles. The van der Waals surface area contributed by atoms with Crippen molar-refractivity contribution in [2.75, 3.05) is 19.1 Å². The number of esters is 1. The fraction of sp³-hybridized carbons (Fsp3) is 0.200. The van der Waals surface area contributed by atoms with Gasteiger partial charge in [-0.15, -0.1) is 0 Å². The van der Waals surface area contributed by atoms with E-state index in [9.17, 15) is 14.9 Å². The Balaban J connectivity index is 2.08. The van der Waals surface area contributed by atoms with Crippen LogP contribution in [0.15, 0.2) is 59.8 Å². The number of nitrogens with one attached hydrogen (secondary N) is 2. The SMILES string of the molecule is COC(=O)C1=C(C)NC(=S)N[C@H]1c1ccc(N(C)c2ccccc2)c([N+](=O)[O-])c1. The number of ether oxygens (including phenoxy) is 1. The molecule has 1 atom stereocenters. The van der Waals surface area contributed by atoms with Crippen LogP contribution in [0, 0.1) is 10.1 Å². The van der Waals surface area contributed by atoms with E-state index in [2.05, 4.69) is 10.6 Å². The molecular formula is C20H20N4O4S. The van der Waals surface area contributed by atoms with Crippen molar-refractivity contribution < 1.29 is 14.5 Å². The van der Waals surface area contributed by atoms with Crippen molar-refractivity contribution in [3.05, 3.63) is 75.5 Å². The zero-order chi connectivity index (χ0) is 21.1. The molecule has 0 spiro atoms. The zero-order valence-electron chi connectivity index (χ0n) is 16.1. The largest absolute Gasteiger partial charge is 0.466 e. The summed E-state index contributed by atoms with van der Waals surface area (Å²) in [4.78, 5) is 25.4. The minimum absolute atomic E-state index is 0.0815. The summed E-state index contributed by atoms with van der Waals surface area (Å²) in [5, 5.41) is 18.0. The molecule has 2 aromatic carbocycles. The second-order valence-electron chi connectivity index (χ2n) is 6.46. The van der Waals surface area contributed by atoms with E-state index in [1.807, 2.05) is 30.3 Å². The van der Waals surface area contributed by atoms with E-state index in [-0.39, 0.29) is 5.69 Å². The summed E-state index contributed by atoms with van der Waals surface area (Å²) in [5.41, 5.74) is 2.56. The Morgan fingerprint density at radius 2 is 1.93 bits per heavy atom. The fourth-order valence-electron chi connectivity index (χ4n) is 3.26. The number of methoxy groups -OCH3 is 1. The third kappa shape index (κ3) is 4.04. The normalized spacial score (nSPS) is 16.0. The van der Waals surface area contributed by atoms with E-state index in [4.69, 9.17) is 17.0 Å². The first-order valence-electron chi connectivity index (χ1n) is 8.77. The molecule has 8 nitrogen and oxygen atoms in total. The van der Waals surface area contributed by atoms with E-state index < -0.39 is 16.9 Å². The van der Waals surface area contributed by atoms with Gasteiger partial charge >= 0.3 is 5.97 Å². The predicted octanol–water partition coefficient (Wildman–Crippen LogP) is 3.33. The first-order valence-corrected chi connectivity index (χ1v) is 9.18. The molecule has 9 heteroatoms. The number of para-hydroxylation sites is 1. The van der Waals surface area contributed by atoms with Crippen LogP contribution < -0.4 is 15.5 Å². The molecule has 1 heterocycles. The van der Waals surface area contributed by atoms with E-state index in [0.717, 1.165) is 5.69 Å². The Morgan fingerprint density at radius 3 is 2.55 bits per heavy atom. The molecule has 2 aromatic rings. The first kappa shape index (κ1) is 20.3. The second kappa shape index (κ2) is 8.27. The third-order valence-electron chi connectivity index (χ3n) is 4.71. The molecular weight excluding hydrogens is 392 g/mol. The highest BCUT2D eigenvalue weighted by atomic mass is 32.1. The van der Waals surface area contributed by atoms with Crippen LogP contribution in [0.1, 0.15) is 18.5 Å². The Hall–Kier alpha value is -3.46. The summed E-state index contributed by atoms with van der Waals surface area (Å²) in [6, 6.07) is 13.5. The van der Waals surface area contributed by atoms with Gasteiger partial charge in [0.25, 0.3) is 5.69 Å². The number of carbonyl (C=O) groups is 1. The zero-order valence-corrected chi connectivity index (χ0v) is 16.9. The number of nitro groups is 1. The van der Waals surface area contributed by atoms with Crippen LogP contribution in [0.25, 0.3) is 0 Å². The smallest absolute Gasteiger partial charge is 0.337 e. The molecule has 0 aliphatic carbocycles. The van der Waals surface area contributed by atoms with Crippen LogP contribution >= 0.6 is 12.2 Å². The predicted molar refractivity (Wildman–Crippen MR) is 114 cm³/mol. The molecule has 29 heavy (non-hydrogen) atoms. The molecule has 0 fully saturated rings. The van der Waals surface area contributed by atoms with Gasteiger partial charge in [0.1, 0.15) is 5.69 Å². The Bertz CT molecular complexity index is 1010. The lowest BCUT2D eigenvalue weighted by molar-refractivity contribution is -0.384. The maximum Gasteiger partial charge on any atom is 0.337 e. The van der Waals surface area contributed by atoms with Gasteiger partial charge < -0.3 is 20.3 Å². The average Bonchev–Trinajstić information content (AvgIpc) is 2.72. The highest BCUT2D eigenvalue weighted by Crippen LogP contribution is 2.36. The number of rotatable bonds is 5. The van der Waals surface area contributed by atoms with Crippen LogP contribution in [-0.4, -0.2) is 30.2 Å². The van der Waals surface area contributed by atoms with Crippen LogP contribution in [0.2, 0.25) is 0 Å². The van der Waals surface area contributed by atoms with Crippen molar-refractivity contribution in [2.24, 2.45) is 0 Å². The summed E-state index contributed by atoms with van der Waals surface area (Å²) in [6.45, 7) is 1.71. The molecule has 2 N–H and O–H groups in total. The number of benzene rings is 2. The lowest BCUT2D eigenvalue weighted by Crippen LogP contribution is -2.45. The number of nitrogens with zero attached hydrogens (tertiary/aromatic N) is 2. The standard InChI is InChI=1S/C20H20N4O4S/c1-12-17(19(25)28-3)18(22-20(29)21-12)13-9-10-15(16(11-13)24(26)27)23(2)14-7-5-4-6-8-14/h4-11,18H,1-3H3,(H2,21,22,29)/t18-/m0/s1. The molecule has 0 bridgehead atoms. The minimum atomic E-state index is -0.661. The maximum atomic E-state index is 12.3. The van der Waals surface area contributed by atoms with Crippen molar-refractivity contribution in [2.45, 2.75) is 13.0 Å². The molecule has 0 saturated carbocycles. The van der Waals surface area contributed by atoms with Crippen LogP contribution in [-0.2, 0) is 9.53 Å². The summed E-state index contributed by atoms with van der Waals surface area (Å²) in [5.74, 6) is -0.539. The number of allylic oxidation sites excluding steroid dienone is 1. The number of thiocarbonyl (C=S) groups is 1. The molecule has 0 aromatic heterocycles. The maximum absolute atomic E-state index is 12.3. The summed E-state index contributed by atoms with van der Waals surface area (Å²) in [7, 11) is 3.05. The lowest BCUT2D eigenvalue weighted by atomic mass is 9.95. The summed E-state index contributed by atoms with van der Waals surface area (Å²) >= 11 is 5.20. The van der Waals surface area contributed by atoms with Gasteiger partial charge in [-0.1, -0.05) is 24.3 Å². The van der Waals surface area contributed by atoms with E-state index in [0.29, 0.717) is 27.6 Å². The number of carbonyl (C=O) groups excluding carboxylic acids is 1. The molecule has 150 valence electrons. The summed E-state index contributed by atoms with van der Waals surface area (Å²) in [6.07, 6.45) is 0. The van der Waals surface area contributed by atoms with Gasteiger partial charge in [-0.05, 0) is 42.9 Å². The van der Waals surface area contributed by atoms with Crippen LogP contribution in [0.3, 0.4) is 0 Å². The third-order valence-corrected chi connectivity index (χ3v) is 4.93. The number of hydrogen-bond acceptors (Lipinski definition) is 6. The number of nitro benzene ring substituents is 1. The van der Waals surface area contributed by atoms with Gasteiger partial charge in [0, 0.05) is 24.5 Å². The van der Waals surface area contributed by atoms with Gasteiger partial charge in [0.2, 0.25) is 0 Å². The van der Waals surface area contributed by atoms with Gasteiger partial charge in [-0.3, -0.25) is 10.1 Å². The molecule has 0 radical (unpaired) electrons. The van der Waals surface area contributed by atoms with Crippen molar-refractivity contribution in [3.63, 3.8) is 0 Å². The summed E-state index contributed by atoms with van der Waals surface area (Å²) < 4.78 is 4.88. The Morgan fingerprint density at radius 1 is 1.24 bits per heavy atom. The molecule has 1 aliphatic rings. The van der Waals surface area contributed by atoms with Crippen molar-refractivity contribution in [1.82, 2.24) is 10.6 Å². The number of anilines is 2. The topological polar surface area (TPSA) is 96.7 Å². The first-order chi connectivity index (χ1) is 13.8. The van der Waals surface area contributed by atoms with Crippen molar-refractivity contribution in [1.29, 1.82) is 0 Å². The van der Waals surface area contributed by atoms with E-state index >= 15 is 0 Å². The number of hydrogen-bond donors (Lipinski definition) is 2. The van der Waals surface area contributed by atoms with Gasteiger partial charge in [-0.25, -0.2) is 4.79 Å². The highest BCUT2D eigenvalue weighted by Gasteiger charge is 2.32. The van der Waals surface area contributed by atoms with Crippen LogP contribution in [0.4, 0.5) is 17.1 Å². The van der Waals surface area contributed by atoms with Gasteiger partial charge in [0.15, 0.2) is 5.11 Å². The van der Waals surface area contributed by atoms with E-state index in [1.165, 1.54) is 13.2 Å². The highest BCUT2D eigenvalue weighted by molar-refractivity contribution is 7.80. The lowest BCUT2D eigenvalue weighted by Gasteiger charge is -2.30. The average molecular weight is 412 g/mol.